The van der Waals surface area contributed by atoms with Crippen molar-refractivity contribution in [3.63, 3.8) is 0 Å². The molecule has 0 radical (unpaired) electrons. The van der Waals surface area contributed by atoms with Crippen LogP contribution in [-0.4, -0.2) is 38.1 Å². The first kappa shape index (κ1) is 19.1. The minimum absolute atomic E-state index is 0.0357. The number of hydrogen-bond acceptors (Lipinski definition) is 5. The summed E-state index contributed by atoms with van der Waals surface area (Å²) in [6.45, 7) is 4.81. The third-order valence-corrected chi connectivity index (χ3v) is 5.12. The van der Waals surface area contributed by atoms with Crippen molar-refractivity contribution in [3.8, 4) is 0 Å². The van der Waals surface area contributed by atoms with E-state index in [0.717, 1.165) is 0 Å². The second-order valence-corrected chi connectivity index (χ2v) is 7.51. The van der Waals surface area contributed by atoms with Gasteiger partial charge in [-0.3, -0.25) is 4.79 Å². The van der Waals surface area contributed by atoms with Gasteiger partial charge >= 0.3 is 11.9 Å². The van der Waals surface area contributed by atoms with Crippen LogP contribution in [0.15, 0.2) is 23.1 Å². The van der Waals surface area contributed by atoms with Gasteiger partial charge < -0.3 is 9.84 Å². The van der Waals surface area contributed by atoms with Gasteiger partial charge in [0.25, 0.3) is 0 Å². The van der Waals surface area contributed by atoms with E-state index in [1.54, 1.807) is 20.8 Å². The summed E-state index contributed by atoms with van der Waals surface area (Å²) in [5.74, 6) is -1.54. The predicted molar refractivity (Wildman–Crippen MR) is 83.8 cm³/mol. The largest absolute Gasteiger partial charge is 0.481 e. The van der Waals surface area contributed by atoms with E-state index in [-0.39, 0.29) is 23.3 Å². The predicted octanol–water partition coefficient (Wildman–Crippen LogP) is 1.70. The Kier molecular flexibility index (Phi) is 5.90. The molecule has 0 aliphatic heterocycles. The van der Waals surface area contributed by atoms with E-state index >= 15 is 0 Å². The highest BCUT2D eigenvalue weighted by Crippen LogP contribution is 2.21. The molecule has 1 rings (SSSR count). The zero-order chi connectivity index (χ0) is 17.8. The fourth-order valence-corrected chi connectivity index (χ4v) is 3.75. The molecule has 8 heteroatoms. The van der Waals surface area contributed by atoms with E-state index in [2.05, 4.69) is 9.46 Å². The number of carboxylic acid groups (broad SMARTS) is 1. The van der Waals surface area contributed by atoms with E-state index in [0.29, 0.717) is 5.56 Å². The minimum Gasteiger partial charge on any atom is -0.481 e. The van der Waals surface area contributed by atoms with Crippen molar-refractivity contribution < 1.29 is 27.9 Å². The topological polar surface area (TPSA) is 110 Å². The van der Waals surface area contributed by atoms with Gasteiger partial charge in [-0.25, -0.2) is 17.9 Å². The number of benzene rings is 1. The Hall–Kier alpha value is -1.93. The zero-order valence-electron chi connectivity index (χ0n) is 13.5. The number of carbonyl (C=O) groups is 2. The maximum atomic E-state index is 12.5. The van der Waals surface area contributed by atoms with Gasteiger partial charge in [0.2, 0.25) is 10.0 Å². The Morgan fingerprint density at radius 1 is 1.30 bits per heavy atom. The molecule has 1 aromatic carbocycles. The molecule has 7 nitrogen and oxygen atoms in total. The highest BCUT2D eigenvalue weighted by atomic mass is 32.2. The number of hydrogen-bond donors (Lipinski definition) is 2. The molecule has 0 heterocycles. The molecule has 0 saturated heterocycles. The van der Waals surface area contributed by atoms with Crippen LogP contribution in [0.5, 0.6) is 0 Å². The summed E-state index contributed by atoms with van der Waals surface area (Å²) < 4.78 is 32.1. The van der Waals surface area contributed by atoms with Gasteiger partial charge in [-0.15, -0.1) is 0 Å². The molecule has 0 spiro atoms. The molecular formula is C15H21NO6S. The molecule has 0 aliphatic rings. The minimum atomic E-state index is -3.84. The fourth-order valence-electron chi connectivity index (χ4n) is 2.08. The number of rotatable bonds is 7. The summed E-state index contributed by atoms with van der Waals surface area (Å²) in [7, 11) is -2.60. The lowest BCUT2D eigenvalue weighted by atomic mass is 10.0. The van der Waals surface area contributed by atoms with Gasteiger partial charge in [-0.05, 0) is 51.0 Å². The first-order valence-corrected chi connectivity index (χ1v) is 8.41. The van der Waals surface area contributed by atoms with Crippen molar-refractivity contribution in [1.29, 1.82) is 0 Å². The summed E-state index contributed by atoms with van der Waals surface area (Å²) in [5, 5.41) is 8.72. The van der Waals surface area contributed by atoms with Crippen LogP contribution in [-0.2, 0) is 19.6 Å². The molecule has 0 amide bonds. The molecule has 128 valence electrons. The first-order chi connectivity index (χ1) is 10.5. The van der Waals surface area contributed by atoms with Crippen LogP contribution >= 0.6 is 0 Å². The van der Waals surface area contributed by atoms with Crippen LogP contribution in [0.4, 0.5) is 0 Å². The van der Waals surface area contributed by atoms with Crippen LogP contribution in [0.25, 0.3) is 0 Å². The molecule has 2 N–H and O–H groups in total. The monoisotopic (exact) mass is 343 g/mol. The molecule has 0 saturated carbocycles. The van der Waals surface area contributed by atoms with Crippen LogP contribution < -0.4 is 4.72 Å². The molecule has 0 aliphatic carbocycles. The van der Waals surface area contributed by atoms with Gasteiger partial charge in [-0.2, -0.15) is 0 Å². The number of esters is 1. The number of aryl methyl sites for hydroxylation is 1. The fraction of sp³-hybridized carbons (Fsp3) is 0.467. The average Bonchev–Trinajstić information content (AvgIpc) is 2.42. The van der Waals surface area contributed by atoms with E-state index in [1.807, 2.05) is 0 Å². The second kappa shape index (κ2) is 7.10. The lowest BCUT2D eigenvalue weighted by Crippen LogP contribution is -2.43. The SMILES string of the molecule is COC(=O)c1ccc(S(=O)(=O)NC(C)(C)CCC(=O)O)c(C)c1. The maximum absolute atomic E-state index is 12.5. The molecular weight excluding hydrogens is 322 g/mol. The lowest BCUT2D eigenvalue weighted by Gasteiger charge is -2.25. The Morgan fingerprint density at radius 3 is 2.39 bits per heavy atom. The van der Waals surface area contributed by atoms with Crippen molar-refractivity contribution >= 4 is 22.0 Å². The zero-order valence-corrected chi connectivity index (χ0v) is 14.4. The summed E-state index contributed by atoms with van der Waals surface area (Å²) >= 11 is 0. The number of sulfonamides is 1. The Morgan fingerprint density at radius 2 is 1.91 bits per heavy atom. The summed E-state index contributed by atoms with van der Waals surface area (Å²) in [4.78, 5) is 22.1. The third kappa shape index (κ3) is 5.33. The van der Waals surface area contributed by atoms with Crippen LogP contribution in [0.2, 0.25) is 0 Å². The van der Waals surface area contributed by atoms with Gasteiger partial charge in [0.1, 0.15) is 0 Å². The molecule has 23 heavy (non-hydrogen) atoms. The second-order valence-electron chi connectivity index (χ2n) is 5.85. The summed E-state index contributed by atoms with van der Waals surface area (Å²) in [6, 6.07) is 4.14. The number of methoxy groups -OCH3 is 1. The number of ether oxygens (including phenoxy) is 1. The normalized spacial score (nSPS) is 12.0. The Balaban J connectivity index is 3.04. The molecule has 0 atom stereocenters. The Bertz CT molecular complexity index is 709. The molecule has 0 unspecified atom stereocenters. The average molecular weight is 343 g/mol. The van der Waals surface area contributed by atoms with E-state index in [4.69, 9.17) is 5.11 Å². The maximum Gasteiger partial charge on any atom is 0.337 e. The smallest absolute Gasteiger partial charge is 0.337 e. The molecule has 0 bridgehead atoms. The number of carboxylic acids is 1. The van der Waals surface area contributed by atoms with Crippen molar-refractivity contribution in [2.45, 2.75) is 44.0 Å². The van der Waals surface area contributed by atoms with Crippen LogP contribution in [0, 0.1) is 6.92 Å². The Labute approximate surface area is 135 Å². The van der Waals surface area contributed by atoms with E-state index < -0.39 is 27.5 Å². The van der Waals surface area contributed by atoms with Crippen LogP contribution in [0.3, 0.4) is 0 Å². The number of carbonyl (C=O) groups excluding carboxylic acids is 1. The molecule has 0 fully saturated rings. The lowest BCUT2D eigenvalue weighted by molar-refractivity contribution is -0.137. The highest BCUT2D eigenvalue weighted by Gasteiger charge is 2.28. The summed E-state index contributed by atoms with van der Waals surface area (Å²) in [5.41, 5.74) is -0.256. The van der Waals surface area contributed by atoms with Crippen molar-refractivity contribution in [3.05, 3.63) is 29.3 Å². The van der Waals surface area contributed by atoms with E-state index in [1.165, 1.54) is 25.3 Å². The van der Waals surface area contributed by atoms with Crippen molar-refractivity contribution in [2.24, 2.45) is 0 Å². The van der Waals surface area contributed by atoms with Gasteiger partial charge in [-0.1, -0.05) is 0 Å². The van der Waals surface area contributed by atoms with Gasteiger partial charge in [0.15, 0.2) is 0 Å². The third-order valence-electron chi connectivity index (χ3n) is 3.26. The molecule has 0 aromatic heterocycles. The quantitative estimate of drug-likeness (QED) is 0.729. The number of nitrogens with one attached hydrogen (secondary N) is 1. The van der Waals surface area contributed by atoms with Crippen molar-refractivity contribution in [1.82, 2.24) is 4.72 Å². The van der Waals surface area contributed by atoms with Gasteiger partial charge in [0, 0.05) is 12.0 Å². The van der Waals surface area contributed by atoms with Crippen LogP contribution in [0.1, 0.15) is 42.6 Å². The first-order valence-electron chi connectivity index (χ1n) is 6.93. The standard InChI is InChI=1S/C15H21NO6S/c1-10-9-11(14(19)22-4)5-6-12(10)23(20,21)16-15(2,3)8-7-13(17)18/h5-6,9,16H,7-8H2,1-4H3,(H,17,18). The summed E-state index contributed by atoms with van der Waals surface area (Å²) in [6.07, 6.45) is 0.0106. The van der Waals surface area contributed by atoms with E-state index in [9.17, 15) is 18.0 Å². The van der Waals surface area contributed by atoms with Gasteiger partial charge in [0.05, 0.1) is 17.6 Å². The number of aliphatic carboxylic acids is 1. The highest BCUT2D eigenvalue weighted by molar-refractivity contribution is 7.89. The van der Waals surface area contributed by atoms with Crippen molar-refractivity contribution in [2.75, 3.05) is 7.11 Å². The molecule has 1 aromatic rings.